The Morgan fingerprint density at radius 2 is 1.83 bits per heavy atom. The summed E-state index contributed by atoms with van der Waals surface area (Å²) in [5, 5.41) is 11.7. The summed E-state index contributed by atoms with van der Waals surface area (Å²) >= 11 is 0. The topological polar surface area (TPSA) is 86.7 Å². The third-order valence-corrected chi connectivity index (χ3v) is 4.79. The molecule has 1 aromatic carbocycles. The molecule has 0 spiro atoms. The number of nitrogens with zero attached hydrogens (tertiary/aromatic N) is 1. The highest BCUT2D eigenvalue weighted by Gasteiger charge is 2.37. The number of carboxylic acid groups (broad SMARTS) is 1. The fourth-order valence-electron chi connectivity index (χ4n) is 2.87. The maximum absolute atomic E-state index is 12.4. The van der Waals surface area contributed by atoms with Crippen LogP contribution in [0.4, 0.5) is 0 Å². The van der Waals surface area contributed by atoms with Crippen LogP contribution < -0.4 is 5.32 Å². The van der Waals surface area contributed by atoms with E-state index < -0.39 is 23.8 Å². The Labute approximate surface area is 141 Å². The highest BCUT2D eigenvalue weighted by Crippen LogP contribution is 2.28. The number of likely N-dealkylation sites (tertiary alicyclic amines) is 1. The van der Waals surface area contributed by atoms with Crippen molar-refractivity contribution in [3.8, 4) is 0 Å². The zero-order valence-electron chi connectivity index (χ0n) is 14.2. The number of hydrogen-bond donors (Lipinski definition) is 2. The Bertz CT molecular complexity index is 617. The molecule has 4 atom stereocenters. The van der Waals surface area contributed by atoms with Crippen molar-refractivity contribution in [1.82, 2.24) is 10.2 Å². The highest BCUT2D eigenvalue weighted by molar-refractivity contribution is 5.89. The van der Waals surface area contributed by atoms with Gasteiger partial charge in [-0.05, 0) is 26.3 Å². The summed E-state index contributed by atoms with van der Waals surface area (Å²) in [6.45, 7) is 5.52. The Morgan fingerprint density at radius 1 is 1.21 bits per heavy atom. The highest BCUT2D eigenvalue weighted by atomic mass is 16.4. The van der Waals surface area contributed by atoms with Crippen molar-refractivity contribution in [3.05, 3.63) is 35.9 Å². The van der Waals surface area contributed by atoms with Crippen molar-refractivity contribution in [2.45, 2.75) is 39.3 Å². The first kappa shape index (κ1) is 18.0. The first-order valence-corrected chi connectivity index (χ1v) is 8.18. The van der Waals surface area contributed by atoms with Crippen molar-refractivity contribution in [1.29, 1.82) is 0 Å². The van der Waals surface area contributed by atoms with Gasteiger partial charge in [-0.2, -0.15) is 0 Å². The Morgan fingerprint density at radius 3 is 2.42 bits per heavy atom. The van der Waals surface area contributed by atoms with E-state index in [9.17, 15) is 14.4 Å². The van der Waals surface area contributed by atoms with Crippen LogP contribution in [0.15, 0.2) is 30.3 Å². The number of carboxylic acids is 1. The van der Waals surface area contributed by atoms with Crippen LogP contribution in [-0.2, 0) is 14.4 Å². The number of nitrogens with one attached hydrogen (secondary N) is 1. The zero-order valence-corrected chi connectivity index (χ0v) is 14.2. The molecule has 1 aromatic rings. The molecule has 0 bridgehead atoms. The molecule has 1 saturated heterocycles. The molecule has 2 N–H and O–H groups in total. The van der Waals surface area contributed by atoms with Crippen LogP contribution in [0.5, 0.6) is 0 Å². The lowest BCUT2D eigenvalue weighted by atomic mass is 10.0. The average molecular weight is 332 g/mol. The van der Waals surface area contributed by atoms with Gasteiger partial charge in [0, 0.05) is 19.0 Å². The first-order chi connectivity index (χ1) is 11.3. The van der Waals surface area contributed by atoms with Gasteiger partial charge in [0.25, 0.3) is 0 Å². The maximum atomic E-state index is 12.4. The summed E-state index contributed by atoms with van der Waals surface area (Å²) in [5.41, 5.74) is 1.03. The Balaban J connectivity index is 1.99. The van der Waals surface area contributed by atoms with E-state index in [2.05, 4.69) is 5.32 Å². The van der Waals surface area contributed by atoms with Crippen LogP contribution >= 0.6 is 0 Å². The van der Waals surface area contributed by atoms with Gasteiger partial charge in [-0.15, -0.1) is 0 Å². The second kappa shape index (κ2) is 7.47. The van der Waals surface area contributed by atoms with Crippen molar-refractivity contribution in [2.75, 3.05) is 6.54 Å². The lowest BCUT2D eigenvalue weighted by molar-refractivity contribution is -0.142. The molecule has 1 heterocycles. The summed E-state index contributed by atoms with van der Waals surface area (Å²) in [7, 11) is 0. The molecular formula is C18H24N2O4. The summed E-state index contributed by atoms with van der Waals surface area (Å²) in [4.78, 5) is 37.3. The van der Waals surface area contributed by atoms with Crippen LogP contribution in [0.25, 0.3) is 0 Å². The second-order valence-corrected chi connectivity index (χ2v) is 6.46. The first-order valence-electron chi connectivity index (χ1n) is 8.18. The van der Waals surface area contributed by atoms with Gasteiger partial charge in [0.05, 0.1) is 17.9 Å². The third kappa shape index (κ3) is 3.93. The number of carbonyl (C=O) groups excluding carboxylic acids is 2. The quantitative estimate of drug-likeness (QED) is 0.832. The monoisotopic (exact) mass is 332 g/mol. The summed E-state index contributed by atoms with van der Waals surface area (Å²) in [6.07, 6.45) is 0.164. The lowest BCUT2D eigenvalue weighted by Crippen LogP contribution is -2.43. The number of hydrogen-bond acceptors (Lipinski definition) is 3. The van der Waals surface area contributed by atoms with Gasteiger partial charge >= 0.3 is 5.97 Å². The molecule has 0 aliphatic carbocycles. The minimum absolute atomic E-state index is 0.0505. The van der Waals surface area contributed by atoms with E-state index in [1.54, 1.807) is 18.7 Å². The summed E-state index contributed by atoms with van der Waals surface area (Å²) in [5.74, 6) is -2.38. The predicted octanol–water partition coefficient (Wildman–Crippen LogP) is 1.82. The van der Waals surface area contributed by atoms with Gasteiger partial charge in [-0.25, -0.2) is 0 Å². The van der Waals surface area contributed by atoms with Crippen LogP contribution in [-0.4, -0.2) is 40.4 Å². The molecule has 0 aromatic heterocycles. The van der Waals surface area contributed by atoms with Gasteiger partial charge in [0.1, 0.15) is 0 Å². The number of amides is 2. The molecular weight excluding hydrogens is 308 g/mol. The molecule has 4 unspecified atom stereocenters. The Kier molecular flexibility index (Phi) is 5.59. The molecule has 1 aliphatic heterocycles. The lowest BCUT2D eigenvalue weighted by Gasteiger charge is -2.25. The predicted molar refractivity (Wildman–Crippen MR) is 89.1 cm³/mol. The van der Waals surface area contributed by atoms with Crippen LogP contribution in [0.3, 0.4) is 0 Å². The molecule has 1 fully saturated rings. The Hall–Kier alpha value is -2.37. The van der Waals surface area contributed by atoms with Gasteiger partial charge in [0.2, 0.25) is 11.8 Å². The number of benzene rings is 1. The van der Waals surface area contributed by atoms with E-state index in [4.69, 9.17) is 5.11 Å². The minimum atomic E-state index is -0.954. The van der Waals surface area contributed by atoms with E-state index in [1.807, 2.05) is 37.3 Å². The molecule has 2 rings (SSSR count). The molecule has 0 saturated carbocycles. The summed E-state index contributed by atoms with van der Waals surface area (Å²) < 4.78 is 0. The molecule has 6 heteroatoms. The standard InChI is InChI=1S/C18H24N2O4/c1-11(18(23)24)12(2)19-17(22)15-9-16(21)20(10-15)13(3)14-7-5-4-6-8-14/h4-8,11-13,15H,9-10H2,1-3H3,(H,19,22)(H,23,24). The van der Waals surface area contributed by atoms with E-state index in [-0.39, 0.29) is 24.3 Å². The SMILES string of the molecule is CC(NC(=O)C1CC(=O)N(C(C)c2ccccc2)C1)C(C)C(=O)O. The van der Waals surface area contributed by atoms with Crippen LogP contribution in [0.2, 0.25) is 0 Å². The minimum Gasteiger partial charge on any atom is -0.481 e. The van der Waals surface area contributed by atoms with E-state index in [0.717, 1.165) is 5.56 Å². The fraction of sp³-hybridized carbons (Fsp3) is 0.500. The van der Waals surface area contributed by atoms with Gasteiger partial charge < -0.3 is 15.3 Å². The average Bonchev–Trinajstić information content (AvgIpc) is 2.96. The van der Waals surface area contributed by atoms with E-state index >= 15 is 0 Å². The smallest absolute Gasteiger partial charge is 0.308 e. The summed E-state index contributed by atoms with van der Waals surface area (Å²) in [6, 6.07) is 9.11. The zero-order chi connectivity index (χ0) is 17.9. The molecule has 0 radical (unpaired) electrons. The van der Waals surface area contributed by atoms with Gasteiger partial charge in [-0.3, -0.25) is 14.4 Å². The normalized spacial score (nSPS) is 21.2. The second-order valence-electron chi connectivity index (χ2n) is 6.46. The van der Waals surface area contributed by atoms with E-state index in [1.165, 1.54) is 0 Å². The maximum Gasteiger partial charge on any atom is 0.308 e. The van der Waals surface area contributed by atoms with Crippen molar-refractivity contribution in [2.24, 2.45) is 11.8 Å². The van der Waals surface area contributed by atoms with Crippen molar-refractivity contribution in [3.63, 3.8) is 0 Å². The third-order valence-electron chi connectivity index (χ3n) is 4.79. The molecule has 1 aliphatic rings. The largest absolute Gasteiger partial charge is 0.481 e. The van der Waals surface area contributed by atoms with Gasteiger partial charge in [-0.1, -0.05) is 30.3 Å². The van der Waals surface area contributed by atoms with Gasteiger partial charge in [0.15, 0.2) is 0 Å². The number of carbonyl (C=O) groups is 3. The molecule has 24 heavy (non-hydrogen) atoms. The van der Waals surface area contributed by atoms with E-state index in [0.29, 0.717) is 6.54 Å². The molecule has 130 valence electrons. The fourth-order valence-corrected chi connectivity index (χ4v) is 2.87. The molecule has 6 nitrogen and oxygen atoms in total. The van der Waals surface area contributed by atoms with Crippen LogP contribution in [0, 0.1) is 11.8 Å². The number of rotatable bonds is 6. The van der Waals surface area contributed by atoms with Crippen molar-refractivity contribution < 1.29 is 19.5 Å². The van der Waals surface area contributed by atoms with Crippen LogP contribution in [0.1, 0.15) is 38.8 Å². The molecule has 2 amide bonds. The number of aliphatic carboxylic acids is 1. The van der Waals surface area contributed by atoms with Crippen molar-refractivity contribution >= 4 is 17.8 Å².